The molecule has 0 radical (unpaired) electrons. The van der Waals surface area contributed by atoms with Crippen molar-refractivity contribution in [1.82, 2.24) is 19.7 Å². The van der Waals surface area contributed by atoms with E-state index in [1.807, 2.05) is 4.90 Å². The lowest BCUT2D eigenvalue weighted by Crippen LogP contribution is -2.37. The van der Waals surface area contributed by atoms with E-state index in [0.29, 0.717) is 37.8 Å². The number of hydrogen-bond acceptors (Lipinski definition) is 5. The molecule has 2 aromatic rings. The molecule has 1 aliphatic heterocycles. The molecule has 0 N–H and O–H groups in total. The number of halogens is 3. The molecule has 1 aliphatic rings. The van der Waals surface area contributed by atoms with E-state index in [4.69, 9.17) is 4.74 Å². The van der Waals surface area contributed by atoms with Gasteiger partial charge in [-0.25, -0.2) is 9.67 Å². The summed E-state index contributed by atoms with van der Waals surface area (Å²) in [7, 11) is 0. The van der Waals surface area contributed by atoms with Crippen molar-refractivity contribution in [3.05, 3.63) is 29.7 Å². The summed E-state index contributed by atoms with van der Waals surface area (Å²) in [5.41, 5.74) is -0.305. The first-order valence-corrected chi connectivity index (χ1v) is 6.75. The van der Waals surface area contributed by atoms with Crippen LogP contribution in [0.25, 0.3) is 5.95 Å². The van der Waals surface area contributed by atoms with E-state index in [1.54, 1.807) is 13.0 Å². The van der Waals surface area contributed by atoms with Crippen LogP contribution >= 0.6 is 0 Å². The van der Waals surface area contributed by atoms with Crippen LogP contribution in [0.3, 0.4) is 0 Å². The Labute approximate surface area is 124 Å². The van der Waals surface area contributed by atoms with Crippen LogP contribution in [0.2, 0.25) is 0 Å². The normalized spacial score (nSPS) is 16.1. The Hall–Kier alpha value is -2.16. The van der Waals surface area contributed by atoms with Crippen molar-refractivity contribution in [3.63, 3.8) is 0 Å². The molecular formula is C13H14F3N5O. The van der Waals surface area contributed by atoms with E-state index in [1.165, 1.54) is 6.20 Å². The molecule has 9 heteroatoms. The Morgan fingerprint density at radius 3 is 2.55 bits per heavy atom. The lowest BCUT2D eigenvalue weighted by molar-refractivity contribution is -0.141. The third-order valence-electron chi connectivity index (χ3n) is 3.25. The molecule has 2 aromatic heterocycles. The van der Waals surface area contributed by atoms with Gasteiger partial charge in [0.2, 0.25) is 0 Å². The maximum Gasteiger partial charge on any atom is 0.435 e. The van der Waals surface area contributed by atoms with E-state index >= 15 is 0 Å². The van der Waals surface area contributed by atoms with Gasteiger partial charge in [-0.2, -0.15) is 23.3 Å². The second-order valence-corrected chi connectivity index (χ2v) is 4.91. The van der Waals surface area contributed by atoms with Gasteiger partial charge in [-0.1, -0.05) is 0 Å². The Morgan fingerprint density at radius 1 is 1.18 bits per heavy atom. The van der Waals surface area contributed by atoms with Gasteiger partial charge in [-0.05, 0) is 13.0 Å². The highest BCUT2D eigenvalue weighted by atomic mass is 19.4. The fourth-order valence-electron chi connectivity index (χ4n) is 2.18. The SMILES string of the molecule is Cc1cc(N2CCOCC2)nc(-n2ccc(C(F)(F)F)n2)n1. The third kappa shape index (κ3) is 3.03. The van der Waals surface area contributed by atoms with Crippen molar-refractivity contribution in [1.29, 1.82) is 0 Å². The van der Waals surface area contributed by atoms with Gasteiger partial charge in [0.05, 0.1) is 13.2 Å². The van der Waals surface area contributed by atoms with E-state index < -0.39 is 11.9 Å². The van der Waals surface area contributed by atoms with Gasteiger partial charge in [0.25, 0.3) is 5.95 Å². The molecule has 0 amide bonds. The number of rotatable bonds is 2. The number of aromatic nitrogens is 4. The van der Waals surface area contributed by atoms with Crippen LogP contribution in [-0.2, 0) is 10.9 Å². The predicted octanol–water partition coefficient (Wildman–Crippen LogP) is 1.83. The van der Waals surface area contributed by atoms with E-state index in [9.17, 15) is 13.2 Å². The highest BCUT2D eigenvalue weighted by Crippen LogP contribution is 2.27. The van der Waals surface area contributed by atoms with Gasteiger partial charge < -0.3 is 9.64 Å². The second kappa shape index (κ2) is 5.56. The van der Waals surface area contributed by atoms with Gasteiger partial charge in [0, 0.05) is 31.0 Å². The molecule has 0 unspecified atom stereocenters. The van der Waals surface area contributed by atoms with Crippen LogP contribution in [0, 0.1) is 6.92 Å². The molecule has 3 heterocycles. The zero-order valence-corrected chi connectivity index (χ0v) is 11.8. The zero-order chi connectivity index (χ0) is 15.7. The highest BCUT2D eigenvalue weighted by molar-refractivity contribution is 5.42. The van der Waals surface area contributed by atoms with Gasteiger partial charge in [-0.3, -0.25) is 0 Å². The summed E-state index contributed by atoms with van der Waals surface area (Å²) in [5.74, 6) is 0.784. The number of alkyl halides is 3. The first-order chi connectivity index (χ1) is 10.4. The molecule has 0 spiro atoms. The lowest BCUT2D eigenvalue weighted by atomic mass is 10.3. The third-order valence-corrected chi connectivity index (χ3v) is 3.25. The maximum absolute atomic E-state index is 12.6. The molecular weight excluding hydrogens is 299 g/mol. The van der Waals surface area contributed by atoms with E-state index in [2.05, 4.69) is 15.1 Å². The van der Waals surface area contributed by atoms with Gasteiger partial charge in [0.1, 0.15) is 5.82 Å². The molecule has 0 saturated carbocycles. The minimum atomic E-state index is -4.48. The standard InChI is InChI=1S/C13H14F3N5O/c1-9-8-11(20-4-6-22-7-5-20)18-12(17-9)21-3-2-10(19-21)13(14,15)16/h2-3,8H,4-7H2,1H3. The van der Waals surface area contributed by atoms with Crippen LogP contribution in [0.15, 0.2) is 18.3 Å². The molecule has 0 aliphatic carbocycles. The van der Waals surface area contributed by atoms with Crippen LogP contribution in [0.1, 0.15) is 11.4 Å². The van der Waals surface area contributed by atoms with Crippen LogP contribution in [-0.4, -0.2) is 46.1 Å². The minimum Gasteiger partial charge on any atom is -0.378 e. The summed E-state index contributed by atoms with van der Waals surface area (Å²) >= 11 is 0. The zero-order valence-electron chi connectivity index (χ0n) is 11.8. The van der Waals surface area contributed by atoms with Crippen molar-refractivity contribution in [2.75, 3.05) is 31.2 Å². The lowest BCUT2D eigenvalue weighted by Gasteiger charge is -2.28. The summed E-state index contributed by atoms with van der Waals surface area (Å²) < 4.78 is 44.2. The summed E-state index contributed by atoms with van der Waals surface area (Å²) in [6.45, 7) is 4.33. The Balaban J connectivity index is 1.93. The van der Waals surface area contributed by atoms with Crippen molar-refractivity contribution in [3.8, 4) is 5.95 Å². The average Bonchev–Trinajstić information content (AvgIpc) is 2.97. The average molecular weight is 313 g/mol. The fourth-order valence-corrected chi connectivity index (χ4v) is 2.18. The topological polar surface area (TPSA) is 56.1 Å². The molecule has 118 valence electrons. The summed E-state index contributed by atoms with van der Waals surface area (Å²) in [5, 5.41) is 3.50. The summed E-state index contributed by atoms with van der Waals surface area (Å²) in [6, 6.07) is 2.70. The Kier molecular flexibility index (Phi) is 3.73. The van der Waals surface area contributed by atoms with Gasteiger partial charge in [-0.15, -0.1) is 0 Å². The molecule has 0 aromatic carbocycles. The van der Waals surface area contributed by atoms with Crippen molar-refractivity contribution in [2.45, 2.75) is 13.1 Å². The maximum atomic E-state index is 12.6. The largest absolute Gasteiger partial charge is 0.435 e. The smallest absolute Gasteiger partial charge is 0.378 e. The monoisotopic (exact) mass is 313 g/mol. The Bertz CT molecular complexity index is 664. The Morgan fingerprint density at radius 2 is 1.91 bits per heavy atom. The number of morpholine rings is 1. The molecule has 3 rings (SSSR count). The number of aryl methyl sites for hydroxylation is 1. The molecule has 1 saturated heterocycles. The molecule has 22 heavy (non-hydrogen) atoms. The van der Waals surface area contributed by atoms with Crippen molar-refractivity contribution in [2.24, 2.45) is 0 Å². The molecule has 1 fully saturated rings. The van der Waals surface area contributed by atoms with E-state index in [-0.39, 0.29) is 5.95 Å². The van der Waals surface area contributed by atoms with Gasteiger partial charge >= 0.3 is 6.18 Å². The first-order valence-electron chi connectivity index (χ1n) is 6.75. The van der Waals surface area contributed by atoms with Crippen molar-refractivity contribution < 1.29 is 17.9 Å². The van der Waals surface area contributed by atoms with Gasteiger partial charge in [0.15, 0.2) is 5.69 Å². The van der Waals surface area contributed by atoms with Crippen LogP contribution in [0.5, 0.6) is 0 Å². The predicted molar refractivity (Wildman–Crippen MR) is 71.9 cm³/mol. The van der Waals surface area contributed by atoms with Crippen molar-refractivity contribution >= 4 is 5.82 Å². The van der Waals surface area contributed by atoms with Crippen LogP contribution < -0.4 is 4.90 Å². The second-order valence-electron chi connectivity index (χ2n) is 4.91. The summed E-state index contributed by atoms with van der Waals surface area (Å²) in [6.07, 6.45) is -3.27. The highest BCUT2D eigenvalue weighted by Gasteiger charge is 2.33. The summed E-state index contributed by atoms with van der Waals surface area (Å²) in [4.78, 5) is 10.5. The van der Waals surface area contributed by atoms with E-state index in [0.717, 1.165) is 10.7 Å². The molecule has 0 bridgehead atoms. The number of nitrogens with zero attached hydrogens (tertiary/aromatic N) is 5. The molecule has 0 atom stereocenters. The van der Waals surface area contributed by atoms with Crippen LogP contribution in [0.4, 0.5) is 19.0 Å². The number of anilines is 1. The fraction of sp³-hybridized carbons (Fsp3) is 0.462. The minimum absolute atomic E-state index is 0.122. The number of ether oxygens (including phenoxy) is 1. The molecule has 6 nitrogen and oxygen atoms in total. The number of hydrogen-bond donors (Lipinski definition) is 0. The quantitative estimate of drug-likeness (QED) is 0.846. The first kappa shape index (κ1) is 14.8.